The molecule has 0 radical (unpaired) electrons. The molecule has 4 rings (SSSR count). The van der Waals surface area contributed by atoms with Crippen molar-refractivity contribution in [2.24, 2.45) is 0 Å². The minimum atomic E-state index is 0.566. The summed E-state index contributed by atoms with van der Waals surface area (Å²) in [4.78, 5) is 8.93. The summed E-state index contributed by atoms with van der Waals surface area (Å²) in [5, 5.41) is 6.68. The van der Waals surface area contributed by atoms with E-state index in [4.69, 9.17) is 4.74 Å². The summed E-state index contributed by atoms with van der Waals surface area (Å²) in [5.41, 5.74) is 3.90. The lowest BCUT2D eigenvalue weighted by Crippen LogP contribution is -2.03. The molecule has 0 atom stereocenters. The van der Waals surface area contributed by atoms with E-state index in [1.54, 1.807) is 0 Å². The van der Waals surface area contributed by atoms with Gasteiger partial charge in [0.1, 0.15) is 11.4 Å². The first-order chi connectivity index (χ1) is 13.2. The van der Waals surface area contributed by atoms with Crippen LogP contribution in [0.1, 0.15) is 12.5 Å². The third-order valence-corrected chi connectivity index (χ3v) is 4.07. The Hall–Kier alpha value is -3.54. The number of pyridine rings is 2. The van der Waals surface area contributed by atoms with Crippen LogP contribution in [-0.4, -0.2) is 20.9 Å². The van der Waals surface area contributed by atoms with Gasteiger partial charge < -0.3 is 19.8 Å². The number of nitrogens with zero attached hydrogens (tertiary/aromatic N) is 3. The normalized spacial score (nSPS) is 10.7. The van der Waals surface area contributed by atoms with Crippen LogP contribution < -0.4 is 15.4 Å². The highest BCUT2D eigenvalue weighted by Crippen LogP contribution is 2.27. The molecule has 136 valence electrons. The van der Waals surface area contributed by atoms with Crippen molar-refractivity contribution in [1.82, 2.24) is 14.4 Å². The van der Waals surface area contributed by atoms with E-state index in [9.17, 15) is 0 Å². The van der Waals surface area contributed by atoms with Crippen molar-refractivity contribution in [2.45, 2.75) is 13.8 Å². The van der Waals surface area contributed by atoms with Gasteiger partial charge in [0.05, 0.1) is 11.9 Å². The molecule has 6 nitrogen and oxygen atoms in total. The number of anilines is 3. The zero-order chi connectivity index (χ0) is 18.6. The van der Waals surface area contributed by atoms with E-state index in [0.717, 1.165) is 40.7 Å². The Morgan fingerprint density at radius 1 is 1.11 bits per heavy atom. The topological polar surface area (TPSA) is 63.5 Å². The summed E-state index contributed by atoms with van der Waals surface area (Å²) in [6, 6.07) is 15.7. The molecule has 6 heteroatoms. The number of fused-ring (bicyclic) bond motifs is 1. The lowest BCUT2D eigenvalue weighted by molar-refractivity contribution is 0.466. The van der Waals surface area contributed by atoms with Crippen LogP contribution in [0.3, 0.4) is 0 Å². The van der Waals surface area contributed by atoms with Crippen LogP contribution in [0.2, 0.25) is 0 Å². The van der Waals surface area contributed by atoms with Crippen LogP contribution in [0.25, 0.3) is 5.65 Å². The third-order valence-electron chi connectivity index (χ3n) is 4.07. The first kappa shape index (κ1) is 16.9. The first-order valence-corrected chi connectivity index (χ1v) is 8.90. The van der Waals surface area contributed by atoms with Gasteiger partial charge in [-0.2, -0.15) is 4.98 Å². The fourth-order valence-corrected chi connectivity index (χ4v) is 2.82. The van der Waals surface area contributed by atoms with Crippen molar-refractivity contribution in [1.29, 1.82) is 0 Å². The van der Waals surface area contributed by atoms with Crippen LogP contribution in [0.5, 0.6) is 11.6 Å². The van der Waals surface area contributed by atoms with Crippen molar-refractivity contribution >= 4 is 22.8 Å². The number of hydrogen-bond donors (Lipinski definition) is 2. The molecular formula is C21H21N5O. The molecule has 0 aliphatic rings. The van der Waals surface area contributed by atoms with Crippen LogP contribution in [0, 0.1) is 6.92 Å². The zero-order valence-corrected chi connectivity index (χ0v) is 15.3. The minimum absolute atomic E-state index is 0.566. The largest absolute Gasteiger partial charge is 0.437 e. The molecule has 0 fully saturated rings. The number of rotatable bonds is 6. The number of nitrogens with one attached hydrogen (secondary N) is 2. The van der Waals surface area contributed by atoms with Gasteiger partial charge in [0.25, 0.3) is 0 Å². The number of aryl methyl sites for hydroxylation is 1. The second kappa shape index (κ2) is 7.37. The van der Waals surface area contributed by atoms with Gasteiger partial charge in [-0.15, -0.1) is 0 Å². The zero-order valence-electron chi connectivity index (χ0n) is 15.3. The number of benzene rings is 1. The highest BCUT2D eigenvalue weighted by atomic mass is 16.5. The molecule has 27 heavy (non-hydrogen) atoms. The van der Waals surface area contributed by atoms with Gasteiger partial charge in [0.2, 0.25) is 5.88 Å². The Labute approximate surface area is 157 Å². The molecule has 0 unspecified atom stereocenters. The van der Waals surface area contributed by atoms with E-state index >= 15 is 0 Å². The SMILES string of the molecule is CCNc1cc(C)cnc1Nc1ccc(Oc2cn3ccccc3n2)cc1. The lowest BCUT2D eigenvalue weighted by Gasteiger charge is -2.13. The maximum Gasteiger partial charge on any atom is 0.238 e. The minimum Gasteiger partial charge on any atom is -0.437 e. The van der Waals surface area contributed by atoms with Gasteiger partial charge >= 0.3 is 0 Å². The average Bonchev–Trinajstić information content (AvgIpc) is 3.08. The van der Waals surface area contributed by atoms with Gasteiger partial charge in [-0.1, -0.05) is 6.07 Å². The van der Waals surface area contributed by atoms with Crippen molar-refractivity contribution in [3.63, 3.8) is 0 Å². The summed E-state index contributed by atoms with van der Waals surface area (Å²) < 4.78 is 7.79. The number of aromatic nitrogens is 3. The van der Waals surface area contributed by atoms with Crippen LogP contribution in [0.4, 0.5) is 17.2 Å². The van der Waals surface area contributed by atoms with Gasteiger partial charge in [-0.25, -0.2) is 4.98 Å². The molecular weight excluding hydrogens is 338 g/mol. The summed E-state index contributed by atoms with van der Waals surface area (Å²) in [6.45, 7) is 4.94. The van der Waals surface area contributed by atoms with Crippen molar-refractivity contribution in [3.8, 4) is 11.6 Å². The fraction of sp³-hybridized carbons (Fsp3) is 0.143. The summed E-state index contributed by atoms with van der Waals surface area (Å²) >= 11 is 0. The Bertz CT molecular complexity index is 1020. The summed E-state index contributed by atoms with van der Waals surface area (Å²) in [5.74, 6) is 2.10. The second-order valence-corrected chi connectivity index (χ2v) is 6.24. The van der Waals surface area contributed by atoms with E-state index in [0.29, 0.717) is 5.88 Å². The molecule has 0 saturated carbocycles. The van der Waals surface area contributed by atoms with E-state index in [1.807, 2.05) is 72.4 Å². The van der Waals surface area contributed by atoms with Crippen LogP contribution >= 0.6 is 0 Å². The Kier molecular flexibility index (Phi) is 4.61. The standard InChI is InChI=1S/C21H21N5O/c1-3-22-18-12-15(2)13-23-21(18)24-16-7-9-17(10-8-16)27-20-14-26-11-5-4-6-19(26)25-20/h4-14,22H,3H2,1-2H3,(H,23,24). The molecule has 4 aromatic rings. The molecule has 3 aromatic heterocycles. The van der Waals surface area contributed by atoms with Gasteiger partial charge in [0, 0.05) is 24.6 Å². The Morgan fingerprint density at radius 3 is 2.74 bits per heavy atom. The Morgan fingerprint density at radius 2 is 1.96 bits per heavy atom. The number of imidazole rings is 1. The van der Waals surface area contributed by atoms with Crippen molar-refractivity contribution in [3.05, 3.63) is 72.7 Å². The maximum atomic E-state index is 5.86. The molecule has 0 aliphatic heterocycles. The van der Waals surface area contributed by atoms with Crippen molar-refractivity contribution < 1.29 is 4.74 Å². The highest BCUT2D eigenvalue weighted by Gasteiger charge is 2.06. The molecule has 2 N–H and O–H groups in total. The van der Waals surface area contributed by atoms with Crippen molar-refractivity contribution in [2.75, 3.05) is 17.2 Å². The van der Waals surface area contributed by atoms with E-state index < -0.39 is 0 Å². The van der Waals surface area contributed by atoms with E-state index in [1.165, 1.54) is 0 Å². The lowest BCUT2D eigenvalue weighted by atomic mass is 10.2. The molecule has 0 aliphatic carbocycles. The molecule has 0 bridgehead atoms. The monoisotopic (exact) mass is 359 g/mol. The van der Waals surface area contributed by atoms with E-state index in [-0.39, 0.29) is 0 Å². The molecule has 0 saturated heterocycles. The van der Waals surface area contributed by atoms with Gasteiger partial charge in [0.15, 0.2) is 5.82 Å². The van der Waals surface area contributed by atoms with E-state index in [2.05, 4.69) is 33.6 Å². The summed E-state index contributed by atoms with van der Waals surface area (Å²) in [6.07, 6.45) is 5.66. The Balaban J connectivity index is 1.49. The second-order valence-electron chi connectivity index (χ2n) is 6.24. The van der Waals surface area contributed by atoms with Gasteiger partial charge in [-0.05, 0) is 61.9 Å². The summed E-state index contributed by atoms with van der Waals surface area (Å²) in [7, 11) is 0. The number of hydrogen-bond acceptors (Lipinski definition) is 5. The van der Waals surface area contributed by atoms with Crippen LogP contribution in [-0.2, 0) is 0 Å². The average molecular weight is 359 g/mol. The molecule has 0 spiro atoms. The molecule has 3 heterocycles. The molecule has 0 amide bonds. The van der Waals surface area contributed by atoms with Crippen LogP contribution in [0.15, 0.2) is 67.1 Å². The predicted octanol–water partition coefficient (Wildman–Crippen LogP) is 5.01. The number of ether oxygens (including phenoxy) is 1. The molecule has 1 aromatic carbocycles. The highest BCUT2D eigenvalue weighted by molar-refractivity contribution is 5.71. The smallest absolute Gasteiger partial charge is 0.238 e. The quantitative estimate of drug-likeness (QED) is 0.507. The fourth-order valence-electron chi connectivity index (χ4n) is 2.82. The predicted molar refractivity (Wildman–Crippen MR) is 108 cm³/mol. The third kappa shape index (κ3) is 3.84. The maximum absolute atomic E-state index is 5.86. The first-order valence-electron chi connectivity index (χ1n) is 8.90. The van der Waals surface area contributed by atoms with Gasteiger partial charge in [-0.3, -0.25) is 0 Å².